The molecule has 1 aliphatic rings. The molecule has 0 heterocycles. The van der Waals surface area contributed by atoms with E-state index in [9.17, 15) is 14.7 Å². The molecular weight excluding hydrogens is 272 g/mol. The van der Waals surface area contributed by atoms with Crippen LogP contribution in [0.1, 0.15) is 40.5 Å². The Balaban J connectivity index is 3.15. The largest absolute Gasteiger partial charge is 0.463 e. The molecule has 0 unspecified atom stereocenters. The van der Waals surface area contributed by atoms with Crippen molar-refractivity contribution in [3.8, 4) is 0 Å². The van der Waals surface area contributed by atoms with Gasteiger partial charge in [0.15, 0.2) is 5.60 Å². The first-order valence-corrected chi connectivity index (χ1v) is 7.11. The Labute approximate surface area is 125 Å². The van der Waals surface area contributed by atoms with Crippen LogP contribution in [0.25, 0.3) is 0 Å². The van der Waals surface area contributed by atoms with Crippen LogP contribution in [-0.4, -0.2) is 35.4 Å². The normalized spacial score (nSPS) is 30.8. The van der Waals surface area contributed by atoms with Gasteiger partial charge in [-0.25, -0.2) is 4.79 Å². The van der Waals surface area contributed by atoms with Crippen LogP contribution in [0.3, 0.4) is 0 Å². The van der Waals surface area contributed by atoms with Crippen LogP contribution in [0.4, 0.5) is 0 Å². The maximum atomic E-state index is 11.7. The first kappa shape index (κ1) is 17.4. The smallest absolute Gasteiger partial charge is 0.330 e. The summed E-state index contributed by atoms with van der Waals surface area (Å²) < 4.78 is 10.2. The molecule has 3 atom stereocenters. The van der Waals surface area contributed by atoms with E-state index >= 15 is 0 Å². The molecule has 0 aromatic heterocycles. The summed E-state index contributed by atoms with van der Waals surface area (Å²) >= 11 is 0. The number of esters is 2. The predicted octanol–water partition coefficient (Wildman–Crippen LogP) is 2.14. The Morgan fingerprint density at radius 3 is 2.57 bits per heavy atom. The zero-order chi connectivity index (χ0) is 16.2. The zero-order valence-electron chi connectivity index (χ0n) is 13.1. The molecule has 1 fully saturated rings. The van der Waals surface area contributed by atoms with Gasteiger partial charge in [0.2, 0.25) is 0 Å². The lowest BCUT2D eigenvalue weighted by Gasteiger charge is -2.43. The molecule has 5 heteroatoms. The van der Waals surface area contributed by atoms with Crippen molar-refractivity contribution >= 4 is 11.9 Å². The second kappa shape index (κ2) is 6.89. The van der Waals surface area contributed by atoms with Crippen LogP contribution in [-0.2, 0) is 19.1 Å². The lowest BCUT2D eigenvalue weighted by molar-refractivity contribution is -0.166. The summed E-state index contributed by atoms with van der Waals surface area (Å²) in [4.78, 5) is 23.1. The predicted molar refractivity (Wildman–Crippen MR) is 78.4 cm³/mol. The lowest BCUT2D eigenvalue weighted by Crippen LogP contribution is -2.50. The van der Waals surface area contributed by atoms with Crippen molar-refractivity contribution in [2.45, 2.75) is 52.2 Å². The van der Waals surface area contributed by atoms with Gasteiger partial charge in [-0.05, 0) is 45.1 Å². The molecule has 1 N–H and O–H groups in total. The minimum absolute atomic E-state index is 0.0457. The van der Waals surface area contributed by atoms with Crippen molar-refractivity contribution in [3.05, 3.63) is 23.8 Å². The van der Waals surface area contributed by atoms with Crippen LogP contribution in [0.15, 0.2) is 23.8 Å². The highest BCUT2D eigenvalue weighted by molar-refractivity contribution is 5.83. The first-order chi connectivity index (χ1) is 9.70. The highest BCUT2D eigenvalue weighted by atomic mass is 16.6. The van der Waals surface area contributed by atoms with Gasteiger partial charge in [0, 0.05) is 13.0 Å². The minimum Gasteiger partial charge on any atom is -0.463 e. The van der Waals surface area contributed by atoms with Crippen LogP contribution < -0.4 is 0 Å². The second-order valence-electron chi connectivity index (χ2n) is 5.62. The maximum Gasteiger partial charge on any atom is 0.330 e. The Bertz CT molecular complexity index is 465. The van der Waals surface area contributed by atoms with E-state index in [0.29, 0.717) is 18.4 Å². The number of rotatable bonds is 4. The lowest BCUT2D eigenvalue weighted by atomic mass is 9.71. The number of hydrogen-bond acceptors (Lipinski definition) is 5. The third-order valence-corrected chi connectivity index (χ3v) is 3.88. The molecule has 0 aliphatic heterocycles. The molecule has 21 heavy (non-hydrogen) atoms. The molecule has 0 aromatic carbocycles. The van der Waals surface area contributed by atoms with Gasteiger partial charge in [0.05, 0.1) is 12.7 Å². The maximum absolute atomic E-state index is 11.7. The van der Waals surface area contributed by atoms with Crippen molar-refractivity contribution in [3.63, 3.8) is 0 Å². The van der Waals surface area contributed by atoms with E-state index in [1.54, 1.807) is 13.8 Å². The van der Waals surface area contributed by atoms with E-state index in [-0.39, 0.29) is 12.5 Å². The highest BCUT2D eigenvalue weighted by Gasteiger charge is 2.46. The van der Waals surface area contributed by atoms with Crippen LogP contribution in [0.2, 0.25) is 0 Å². The fourth-order valence-corrected chi connectivity index (χ4v) is 2.60. The zero-order valence-corrected chi connectivity index (χ0v) is 13.1. The van der Waals surface area contributed by atoms with Crippen LogP contribution >= 0.6 is 0 Å². The minimum atomic E-state index is -1.20. The molecular formula is C16H24O5. The quantitative estimate of drug-likeness (QED) is 0.489. The molecule has 118 valence electrons. The number of allylic oxidation sites excluding steroid dienone is 1. The van der Waals surface area contributed by atoms with Gasteiger partial charge in [-0.1, -0.05) is 12.2 Å². The van der Waals surface area contributed by atoms with Crippen LogP contribution in [0.5, 0.6) is 0 Å². The third kappa shape index (κ3) is 4.17. The van der Waals surface area contributed by atoms with Crippen LogP contribution in [0, 0.1) is 5.92 Å². The molecule has 1 saturated carbocycles. The molecule has 0 amide bonds. The molecule has 0 saturated heterocycles. The van der Waals surface area contributed by atoms with E-state index in [1.165, 1.54) is 13.0 Å². The Hall–Kier alpha value is -1.62. The second-order valence-corrected chi connectivity index (χ2v) is 5.62. The Morgan fingerprint density at radius 2 is 2.10 bits per heavy atom. The summed E-state index contributed by atoms with van der Waals surface area (Å²) in [5.74, 6) is -0.954. The van der Waals surface area contributed by atoms with Gasteiger partial charge in [-0.2, -0.15) is 0 Å². The topological polar surface area (TPSA) is 72.8 Å². The van der Waals surface area contributed by atoms with Gasteiger partial charge < -0.3 is 14.6 Å². The Morgan fingerprint density at radius 1 is 1.48 bits per heavy atom. The van der Waals surface area contributed by atoms with Crippen molar-refractivity contribution in [2.75, 3.05) is 6.61 Å². The first-order valence-electron chi connectivity index (χ1n) is 7.11. The summed E-state index contributed by atoms with van der Waals surface area (Å²) in [6.07, 6.45) is 1.39. The molecule has 1 rings (SSSR count). The molecule has 0 bridgehead atoms. The fourth-order valence-electron chi connectivity index (χ4n) is 2.60. The summed E-state index contributed by atoms with van der Waals surface area (Å²) in [6.45, 7) is 10.7. The van der Waals surface area contributed by atoms with Gasteiger partial charge in [0.25, 0.3) is 0 Å². The monoisotopic (exact) mass is 296 g/mol. The van der Waals surface area contributed by atoms with Crippen molar-refractivity contribution in [1.29, 1.82) is 0 Å². The van der Waals surface area contributed by atoms with Crippen molar-refractivity contribution in [1.82, 2.24) is 0 Å². The van der Waals surface area contributed by atoms with E-state index in [0.717, 1.165) is 5.57 Å². The summed E-state index contributed by atoms with van der Waals surface area (Å²) in [5.41, 5.74) is 0.279. The molecule has 5 nitrogen and oxygen atoms in total. The number of carbonyl (C=O) groups is 2. The third-order valence-electron chi connectivity index (χ3n) is 3.88. The SMILES string of the molecule is C=C(C)[C@@H]1C/C(=C\C(=O)OCC)[C@](C)(OC(C)=O)[C@@H](O)C1. The van der Waals surface area contributed by atoms with Crippen molar-refractivity contribution < 1.29 is 24.2 Å². The molecule has 0 aromatic rings. The highest BCUT2D eigenvalue weighted by Crippen LogP contribution is 2.41. The number of carbonyl (C=O) groups excluding carboxylic acids is 2. The summed E-state index contributed by atoms with van der Waals surface area (Å²) in [5, 5.41) is 10.4. The molecule has 0 spiro atoms. The number of aliphatic hydroxyl groups excluding tert-OH is 1. The van der Waals surface area contributed by atoms with Gasteiger partial charge in [0.1, 0.15) is 0 Å². The number of aliphatic hydroxyl groups is 1. The average Bonchev–Trinajstić information content (AvgIpc) is 2.34. The van der Waals surface area contributed by atoms with Gasteiger partial charge in [-0.3, -0.25) is 4.79 Å². The molecule has 0 radical (unpaired) electrons. The van der Waals surface area contributed by atoms with E-state index in [2.05, 4.69) is 6.58 Å². The van der Waals surface area contributed by atoms with E-state index in [4.69, 9.17) is 9.47 Å². The molecule has 1 aliphatic carbocycles. The standard InChI is InChI=1S/C16H24O5/c1-6-20-15(19)9-13-7-12(10(2)3)8-14(18)16(13,5)21-11(4)17/h9,12,14,18H,2,6-8H2,1,3-5H3/b13-9+/t12-,14+,16+/m1/s1. The van der Waals surface area contributed by atoms with Gasteiger partial charge in [-0.15, -0.1) is 0 Å². The summed E-state index contributed by atoms with van der Waals surface area (Å²) in [6, 6.07) is 0. The fraction of sp³-hybridized carbons (Fsp3) is 0.625. The summed E-state index contributed by atoms with van der Waals surface area (Å²) in [7, 11) is 0. The number of hydrogen-bond donors (Lipinski definition) is 1. The average molecular weight is 296 g/mol. The van der Waals surface area contributed by atoms with E-state index in [1.807, 2.05) is 6.92 Å². The van der Waals surface area contributed by atoms with E-state index < -0.39 is 23.6 Å². The van der Waals surface area contributed by atoms with Crippen molar-refractivity contribution in [2.24, 2.45) is 5.92 Å². The Kier molecular flexibility index (Phi) is 5.72. The number of ether oxygens (including phenoxy) is 2. The van der Waals surface area contributed by atoms with Gasteiger partial charge >= 0.3 is 11.9 Å².